The highest BCUT2D eigenvalue weighted by Crippen LogP contribution is 2.23. The van der Waals surface area contributed by atoms with Crippen LogP contribution in [0, 0.1) is 0 Å². The van der Waals surface area contributed by atoms with E-state index in [4.69, 9.17) is 10.7 Å². The molecule has 3 N–H and O–H groups in total. The normalized spacial score (nSPS) is 12.5. The minimum atomic E-state index is -1.90. The maximum atomic E-state index is 13.1. The summed E-state index contributed by atoms with van der Waals surface area (Å²) in [6.07, 6.45) is 1.62. The van der Waals surface area contributed by atoms with Gasteiger partial charge in [-0.05, 0) is 36.6 Å². The highest BCUT2D eigenvalue weighted by molar-refractivity contribution is 6.12. The molecule has 0 aliphatic heterocycles. The number of nitrogens with one attached hydrogen (secondary N) is 1. The number of unbranched alkanes of at least 4 members (excludes halogenated alkanes) is 1. The van der Waals surface area contributed by atoms with Gasteiger partial charge in [-0.3, -0.25) is 24.2 Å². The Labute approximate surface area is 182 Å². The first-order valence-electron chi connectivity index (χ1n) is 10.1. The SMILES string of the molecule is CCCCONC(=O)C(C)(C(=O)N(C)N)N(C)C(=O)c1ccc(-c2ccccc2)cc1. The summed E-state index contributed by atoms with van der Waals surface area (Å²) in [5.41, 5.74) is 2.68. The van der Waals surface area contributed by atoms with Crippen molar-refractivity contribution in [1.82, 2.24) is 15.4 Å². The zero-order valence-corrected chi connectivity index (χ0v) is 18.4. The summed E-state index contributed by atoms with van der Waals surface area (Å²) in [6.45, 7) is 3.62. The molecule has 0 aliphatic rings. The van der Waals surface area contributed by atoms with Gasteiger partial charge in [-0.25, -0.2) is 11.3 Å². The van der Waals surface area contributed by atoms with Crippen LogP contribution < -0.4 is 11.3 Å². The molecule has 3 amide bonds. The quantitative estimate of drug-likeness (QED) is 0.211. The Morgan fingerprint density at radius 1 is 1.00 bits per heavy atom. The van der Waals surface area contributed by atoms with E-state index in [0.717, 1.165) is 33.9 Å². The second kappa shape index (κ2) is 10.7. The van der Waals surface area contributed by atoms with Crippen LogP contribution in [0.25, 0.3) is 11.1 Å². The molecule has 0 fully saturated rings. The van der Waals surface area contributed by atoms with Gasteiger partial charge in [0, 0.05) is 19.7 Å². The molecule has 0 aromatic heterocycles. The molecular weight excluding hydrogens is 396 g/mol. The number of hydrazine groups is 1. The molecule has 8 nitrogen and oxygen atoms in total. The van der Waals surface area contributed by atoms with Crippen LogP contribution >= 0.6 is 0 Å². The van der Waals surface area contributed by atoms with Gasteiger partial charge in [0.25, 0.3) is 17.7 Å². The lowest BCUT2D eigenvalue weighted by atomic mass is 9.96. The predicted molar refractivity (Wildman–Crippen MR) is 118 cm³/mol. The third-order valence-corrected chi connectivity index (χ3v) is 5.16. The van der Waals surface area contributed by atoms with Crippen LogP contribution in [0.2, 0.25) is 0 Å². The molecule has 0 spiro atoms. The largest absolute Gasteiger partial charge is 0.319 e. The van der Waals surface area contributed by atoms with E-state index in [9.17, 15) is 14.4 Å². The first-order chi connectivity index (χ1) is 14.7. The van der Waals surface area contributed by atoms with Gasteiger partial charge in [0.15, 0.2) is 0 Å². The summed E-state index contributed by atoms with van der Waals surface area (Å²) in [5, 5.41) is 0.786. The van der Waals surface area contributed by atoms with Crippen molar-refractivity contribution in [3.63, 3.8) is 0 Å². The lowest BCUT2D eigenvalue weighted by Gasteiger charge is -2.37. The molecule has 0 heterocycles. The van der Waals surface area contributed by atoms with Gasteiger partial charge in [-0.1, -0.05) is 55.8 Å². The van der Waals surface area contributed by atoms with Gasteiger partial charge in [0.05, 0.1) is 6.61 Å². The first kappa shape index (κ1) is 24.0. The van der Waals surface area contributed by atoms with Gasteiger partial charge >= 0.3 is 0 Å². The fourth-order valence-electron chi connectivity index (χ4n) is 3.00. The predicted octanol–water partition coefficient (Wildman–Crippen LogP) is 2.36. The Hall–Kier alpha value is -3.23. The van der Waals surface area contributed by atoms with E-state index in [-0.39, 0.29) is 0 Å². The Morgan fingerprint density at radius 3 is 2.13 bits per heavy atom. The van der Waals surface area contributed by atoms with Crippen LogP contribution in [0.3, 0.4) is 0 Å². The van der Waals surface area contributed by atoms with Gasteiger partial charge < -0.3 is 4.90 Å². The van der Waals surface area contributed by atoms with E-state index in [1.807, 2.05) is 49.4 Å². The fourth-order valence-corrected chi connectivity index (χ4v) is 3.00. The topological polar surface area (TPSA) is 105 Å². The highest BCUT2D eigenvalue weighted by atomic mass is 16.7. The minimum Gasteiger partial charge on any atom is -0.319 e. The molecule has 0 saturated carbocycles. The highest BCUT2D eigenvalue weighted by Gasteiger charge is 2.49. The summed E-state index contributed by atoms with van der Waals surface area (Å²) in [6, 6.07) is 16.7. The number of rotatable bonds is 9. The number of likely N-dealkylation sites (N-methyl/N-ethyl adjacent to an activating group) is 2. The van der Waals surface area contributed by atoms with E-state index >= 15 is 0 Å². The van der Waals surface area contributed by atoms with Gasteiger partial charge in [-0.15, -0.1) is 0 Å². The van der Waals surface area contributed by atoms with E-state index < -0.39 is 23.3 Å². The lowest BCUT2D eigenvalue weighted by Crippen LogP contribution is -2.66. The average Bonchev–Trinajstić information content (AvgIpc) is 2.80. The van der Waals surface area contributed by atoms with Crippen LogP contribution in [-0.4, -0.2) is 53.9 Å². The summed E-state index contributed by atoms with van der Waals surface area (Å²) < 4.78 is 0. The number of amides is 3. The molecule has 2 aromatic carbocycles. The van der Waals surface area contributed by atoms with Crippen molar-refractivity contribution in [2.45, 2.75) is 32.2 Å². The summed E-state index contributed by atoms with van der Waals surface area (Å²) in [4.78, 5) is 45.0. The minimum absolute atomic E-state index is 0.295. The summed E-state index contributed by atoms with van der Waals surface area (Å²) in [5.74, 6) is 3.60. The van der Waals surface area contributed by atoms with Crippen molar-refractivity contribution in [2.24, 2.45) is 5.84 Å². The van der Waals surface area contributed by atoms with Crippen LogP contribution in [-0.2, 0) is 14.4 Å². The maximum Gasteiger partial charge on any atom is 0.279 e. The Balaban J connectivity index is 2.26. The fraction of sp³-hybridized carbons (Fsp3) is 0.348. The van der Waals surface area contributed by atoms with Crippen LogP contribution in [0.1, 0.15) is 37.0 Å². The number of benzene rings is 2. The molecule has 0 bridgehead atoms. The van der Waals surface area contributed by atoms with Crippen molar-refractivity contribution in [1.29, 1.82) is 0 Å². The smallest absolute Gasteiger partial charge is 0.279 e. The number of carbonyl (C=O) groups excluding carboxylic acids is 3. The molecule has 0 saturated heterocycles. The van der Waals surface area contributed by atoms with Crippen LogP contribution in [0.15, 0.2) is 54.6 Å². The monoisotopic (exact) mass is 426 g/mol. The number of hydroxylamine groups is 1. The zero-order valence-electron chi connectivity index (χ0n) is 18.4. The average molecular weight is 427 g/mol. The number of nitrogens with two attached hydrogens (primary N) is 1. The lowest BCUT2D eigenvalue weighted by molar-refractivity contribution is -0.156. The molecule has 2 rings (SSSR count). The zero-order chi connectivity index (χ0) is 23.0. The summed E-state index contributed by atoms with van der Waals surface area (Å²) in [7, 11) is 2.71. The molecular formula is C23H30N4O4. The van der Waals surface area contributed by atoms with Crippen LogP contribution in [0.4, 0.5) is 0 Å². The first-order valence-corrected chi connectivity index (χ1v) is 10.1. The van der Waals surface area contributed by atoms with Crippen LogP contribution in [0.5, 0.6) is 0 Å². The van der Waals surface area contributed by atoms with Crippen molar-refractivity contribution in [3.05, 3.63) is 60.2 Å². The maximum absolute atomic E-state index is 13.1. The number of nitrogens with zero attached hydrogens (tertiary/aromatic N) is 2. The summed E-state index contributed by atoms with van der Waals surface area (Å²) >= 11 is 0. The number of hydrogen-bond acceptors (Lipinski definition) is 5. The second-order valence-electron chi connectivity index (χ2n) is 7.43. The second-order valence-corrected chi connectivity index (χ2v) is 7.43. The van der Waals surface area contributed by atoms with E-state index in [0.29, 0.717) is 12.2 Å². The Morgan fingerprint density at radius 2 is 1.58 bits per heavy atom. The number of carbonyl (C=O) groups is 3. The molecule has 166 valence electrons. The molecule has 0 radical (unpaired) electrons. The molecule has 0 aliphatic carbocycles. The third-order valence-electron chi connectivity index (χ3n) is 5.16. The van der Waals surface area contributed by atoms with Gasteiger partial charge in [0.2, 0.25) is 5.54 Å². The molecule has 8 heteroatoms. The van der Waals surface area contributed by atoms with Crippen molar-refractivity contribution in [3.8, 4) is 11.1 Å². The third kappa shape index (κ3) is 5.48. The molecule has 31 heavy (non-hydrogen) atoms. The van der Waals surface area contributed by atoms with E-state index in [1.54, 1.807) is 12.1 Å². The Kier molecular flexibility index (Phi) is 8.30. The van der Waals surface area contributed by atoms with E-state index in [2.05, 4.69) is 5.48 Å². The molecule has 1 atom stereocenters. The number of hydrogen-bond donors (Lipinski definition) is 2. The van der Waals surface area contributed by atoms with Crippen molar-refractivity contribution >= 4 is 17.7 Å². The van der Waals surface area contributed by atoms with Crippen molar-refractivity contribution in [2.75, 3.05) is 20.7 Å². The molecule has 2 aromatic rings. The van der Waals surface area contributed by atoms with Gasteiger partial charge in [0.1, 0.15) is 0 Å². The van der Waals surface area contributed by atoms with Crippen molar-refractivity contribution < 1.29 is 19.2 Å². The standard InChI is InChI=1S/C23H30N4O4/c1-5-6-16-31-25-21(29)23(2,22(30)27(4)24)26(3)20(28)19-14-12-18(13-15-19)17-10-8-7-9-11-17/h7-15H,5-6,16,24H2,1-4H3,(H,25,29). The van der Waals surface area contributed by atoms with Gasteiger partial charge in [-0.2, -0.15) is 0 Å². The molecule has 1 unspecified atom stereocenters. The Bertz CT molecular complexity index is 900. The van der Waals surface area contributed by atoms with E-state index in [1.165, 1.54) is 21.0 Å².